The van der Waals surface area contributed by atoms with Gasteiger partial charge in [0, 0.05) is 12.4 Å². The van der Waals surface area contributed by atoms with Gasteiger partial charge in [-0.2, -0.15) is 10.2 Å². The molecular weight excluding hydrogens is 566 g/mol. The third-order valence-corrected chi connectivity index (χ3v) is 6.40. The van der Waals surface area contributed by atoms with E-state index in [0.717, 1.165) is 33.5 Å². The van der Waals surface area contributed by atoms with Gasteiger partial charge in [-0.25, -0.2) is 13.9 Å². The van der Waals surface area contributed by atoms with Crippen LogP contribution in [0.2, 0.25) is 0 Å². The van der Waals surface area contributed by atoms with Gasteiger partial charge in [0.15, 0.2) is 0 Å². The van der Waals surface area contributed by atoms with Crippen molar-refractivity contribution in [1.82, 2.24) is 29.6 Å². The van der Waals surface area contributed by atoms with Crippen LogP contribution in [0.25, 0.3) is 28.2 Å². The summed E-state index contributed by atoms with van der Waals surface area (Å²) in [5, 5.41) is 12.7. The molecule has 0 bridgehead atoms. The number of fused-ring (bicyclic) bond motifs is 1. The molecule has 3 heterocycles. The van der Waals surface area contributed by atoms with Crippen molar-refractivity contribution in [2.24, 2.45) is 7.05 Å². The highest BCUT2D eigenvalue weighted by Gasteiger charge is 2.21. The molecule has 3 aromatic rings. The van der Waals surface area contributed by atoms with Gasteiger partial charge in [0.2, 0.25) is 5.88 Å². The van der Waals surface area contributed by atoms with Gasteiger partial charge in [0.1, 0.15) is 11.7 Å². The van der Waals surface area contributed by atoms with E-state index in [-0.39, 0.29) is 12.6 Å². The predicted molar refractivity (Wildman–Crippen MR) is 148 cm³/mol. The maximum atomic E-state index is 11.9. The highest BCUT2D eigenvalue weighted by molar-refractivity contribution is 14.2. The number of rotatable bonds is 7. The largest absolute Gasteiger partial charge is 0.472 e. The van der Waals surface area contributed by atoms with Crippen molar-refractivity contribution < 1.29 is 14.3 Å². The van der Waals surface area contributed by atoms with Gasteiger partial charge in [-0.05, 0) is 68.8 Å². The lowest BCUT2D eigenvalue weighted by molar-refractivity contribution is 0.0503. The molecule has 3 aromatic heterocycles. The standard InChI is InChI=1S/C21H28IN6O3P.C2H6/c1-8-16-14-9-17(25-13(3)18(14)28(26-16)32-22)15-11-24-27(7)19(15)30-12(2)10-23-20(29)31-21(4,5)6;1-2/h8-9,11-12,32H,1,10H2,2-7H3,(H,23,29);1-2H3. The number of carbonyl (C=O) groups excluding carboxylic acids is 1. The van der Waals surface area contributed by atoms with E-state index in [9.17, 15) is 4.79 Å². The first-order chi connectivity index (χ1) is 16.0. The first-order valence-corrected chi connectivity index (χ1v) is 15.2. The molecule has 2 atom stereocenters. The summed E-state index contributed by atoms with van der Waals surface area (Å²) in [7, 11) is 1.81. The maximum absolute atomic E-state index is 11.9. The average molecular weight is 600 g/mol. The smallest absolute Gasteiger partial charge is 0.407 e. The molecular formula is C23H34IN6O3P. The van der Waals surface area contributed by atoms with Crippen LogP contribution in [0.4, 0.5) is 4.79 Å². The summed E-state index contributed by atoms with van der Waals surface area (Å²) in [6.45, 7) is 17.5. The SMILES string of the molecule is C=Cc1nn(PI)c2c(C)nc(-c3cnn(C)c3OC(C)CNC(=O)OC(C)(C)C)cc12.CC. The summed E-state index contributed by atoms with van der Waals surface area (Å²) in [5.74, 6) is 0.568. The normalized spacial score (nSPS) is 12.4. The fourth-order valence-electron chi connectivity index (χ4n) is 3.21. The molecule has 0 radical (unpaired) electrons. The molecule has 11 heteroatoms. The lowest BCUT2D eigenvalue weighted by Gasteiger charge is -2.21. The Morgan fingerprint density at radius 2 is 2.06 bits per heavy atom. The minimum atomic E-state index is -0.554. The van der Waals surface area contributed by atoms with Gasteiger partial charge in [-0.15, -0.1) is 0 Å². The predicted octanol–water partition coefficient (Wildman–Crippen LogP) is 5.89. The van der Waals surface area contributed by atoms with E-state index in [0.29, 0.717) is 12.3 Å². The average Bonchev–Trinajstić information content (AvgIpc) is 3.33. The fraction of sp³-hybridized carbons (Fsp3) is 0.478. The van der Waals surface area contributed by atoms with Crippen molar-refractivity contribution >= 4 is 51.5 Å². The number of aromatic nitrogens is 5. The molecule has 0 aliphatic heterocycles. The Hall–Kier alpha value is -2.20. The van der Waals surface area contributed by atoms with Crippen molar-refractivity contribution in [3.63, 3.8) is 0 Å². The van der Waals surface area contributed by atoms with E-state index in [1.54, 1.807) is 17.0 Å². The van der Waals surface area contributed by atoms with Gasteiger partial charge in [-0.3, -0.25) is 4.98 Å². The Morgan fingerprint density at radius 1 is 1.38 bits per heavy atom. The molecule has 0 saturated carbocycles. The number of halogens is 1. The molecule has 0 saturated heterocycles. The minimum Gasteiger partial charge on any atom is -0.472 e. The van der Waals surface area contributed by atoms with Gasteiger partial charge >= 0.3 is 6.09 Å². The molecule has 0 aliphatic carbocycles. The monoisotopic (exact) mass is 600 g/mol. The van der Waals surface area contributed by atoms with Gasteiger partial charge in [0.05, 0.1) is 47.3 Å². The van der Waals surface area contributed by atoms with Gasteiger partial charge in [-0.1, -0.05) is 20.4 Å². The third kappa shape index (κ3) is 6.69. The summed E-state index contributed by atoms with van der Waals surface area (Å²) >= 11 is 2.30. The van der Waals surface area contributed by atoms with Crippen LogP contribution in [0.15, 0.2) is 18.8 Å². The van der Waals surface area contributed by atoms with Crippen LogP contribution >= 0.6 is 28.4 Å². The second kappa shape index (κ2) is 12.0. The molecule has 0 aromatic carbocycles. The quantitative estimate of drug-likeness (QED) is 0.268. The zero-order valence-electron chi connectivity index (χ0n) is 21.1. The van der Waals surface area contributed by atoms with Crippen molar-refractivity contribution in [3.8, 4) is 17.1 Å². The van der Waals surface area contributed by atoms with Crippen molar-refractivity contribution in [3.05, 3.63) is 30.2 Å². The summed E-state index contributed by atoms with van der Waals surface area (Å²) in [6.07, 6.45) is 3.15. The lowest BCUT2D eigenvalue weighted by atomic mass is 10.1. The van der Waals surface area contributed by atoms with Crippen LogP contribution in [0.1, 0.15) is 52.9 Å². The van der Waals surface area contributed by atoms with Crippen LogP contribution in [-0.4, -0.2) is 48.7 Å². The summed E-state index contributed by atoms with van der Waals surface area (Å²) in [6, 6.07) is 1.99. The van der Waals surface area contributed by atoms with Crippen molar-refractivity contribution in [1.29, 1.82) is 0 Å². The molecule has 0 fully saturated rings. The van der Waals surface area contributed by atoms with Crippen molar-refractivity contribution in [2.75, 3.05) is 6.54 Å². The molecule has 0 aliphatic rings. The number of hydrogen-bond acceptors (Lipinski definition) is 6. The fourth-order valence-corrected chi connectivity index (χ4v) is 4.76. The number of ether oxygens (including phenoxy) is 2. The van der Waals surface area contributed by atoms with Crippen LogP contribution < -0.4 is 10.1 Å². The molecule has 34 heavy (non-hydrogen) atoms. The Labute approximate surface area is 216 Å². The maximum Gasteiger partial charge on any atom is 0.407 e. The number of alkyl carbamates (subject to hydrolysis) is 1. The zero-order valence-corrected chi connectivity index (χ0v) is 24.2. The van der Waals surface area contributed by atoms with E-state index >= 15 is 0 Å². The van der Waals surface area contributed by atoms with Gasteiger partial charge in [0.25, 0.3) is 0 Å². The molecule has 1 N–H and O–H groups in total. The number of pyridine rings is 1. The number of nitrogens with one attached hydrogen (secondary N) is 1. The first-order valence-electron chi connectivity index (χ1n) is 11.1. The number of amides is 1. The highest BCUT2D eigenvalue weighted by Crippen LogP contribution is 2.36. The highest BCUT2D eigenvalue weighted by atomic mass is 127. The molecule has 3 rings (SSSR count). The molecule has 1 amide bonds. The van der Waals surface area contributed by atoms with Crippen LogP contribution in [0.5, 0.6) is 5.88 Å². The third-order valence-electron chi connectivity index (χ3n) is 4.54. The Kier molecular flexibility index (Phi) is 9.87. The van der Waals surface area contributed by atoms with Crippen molar-refractivity contribution in [2.45, 2.75) is 60.2 Å². The molecule has 186 valence electrons. The first kappa shape index (κ1) is 28.0. The zero-order chi connectivity index (χ0) is 25.6. The van der Waals surface area contributed by atoms with E-state index in [2.05, 4.69) is 44.1 Å². The van der Waals surface area contributed by atoms with E-state index in [1.165, 1.54) is 0 Å². The number of hydrogen-bond donors (Lipinski definition) is 1. The number of carbonyl (C=O) groups is 1. The number of aryl methyl sites for hydroxylation is 2. The topological polar surface area (TPSA) is 96.1 Å². The Bertz CT molecular complexity index is 1150. The number of nitrogens with zero attached hydrogens (tertiary/aromatic N) is 5. The summed E-state index contributed by atoms with van der Waals surface area (Å²) < 4.78 is 15.0. The van der Waals surface area contributed by atoms with E-state index in [1.807, 2.05) is 66.0 Å². The molecule has 9 nitrogen and oxygen atoms in total. The summed E-state index contributed by atoms with van der Waals surface area (Å²) in [5.41, 5.74) is 3.64. The van der Waals surface area contributed by atoms with Gasteiger partial charge < -0.3 is 14.8 Å². The second-order valence-corrected chi connectivity index (χ2v) is 10.4. The minimum absolute atomic E-state index is 0.287. The van der Waals surface area contributed by atoms with Crippen LogP contribution in [0, 0.1) is 6.92 Å². The molecule has 2 unspecified atom stereocenters. The Balaban J connectivity index is 0.00000199. The Morgan fingerprint density at radius 3 is 2.65 bits per heavy atom. The van der Waals surface area contributed by atoms with Crippen LogP contribution in [-0.2, 0) is 11.8 Å². The summed E-state index contributed by atoms with van der Waals surface area (Å²) in [4.78, 5) is 16.7. The van der Waals surface area contributed by atoms with E-state index in [4.69, 9.17) is 14.5 Å². The van der Waals surface area contributed by atoms with E-state index < -0.39 is 11.7 Å². The molecule has 0 spiro atoms. The second-order valence-electron chi connectivity index (χ2n) is 8.37. The lowest BCUT2D eigenvalue weighted by Crippen LogP contribution is -2.37. The van der Waals surface area contributed by atoms with Crippen LogP contribution in [0.3, 0.4) is 0 Å².